The third-order valence-corrected chi connectivity index (χ3v) is 5.53. The second-order valence-corrected chi connectivity index (χ2v) is 8.27. The summed E-state index contributed by atoms with van der Waals surface area (Å²) in [5.41, 5.74) is 1.69. The van der Waals surface area contributed by atoms with Gasteiger partial charge in [-0.05, 0) is 48.7 Å². The Morgan fingerprint density at radius 2 is 1.86 bits per heavy atom. The van der Waals surface area contributed by atoms with Crippen molar-refractivity contribution >= 4 is 50.9 Å². The van der Waals surface area contributed by atoms with E-state index >= 15 is 0 Å². The molecule has 150 valence electrons. The van der Waals surface area contributed by atoms with Gasteiger partial charge >= 0.3 is 0 Å². The van der Waals surface area contributed by atoms with Crippen LogP contribution in [0.5, 0.6) is 0 Å². The van der Waals surface area contributed by atoms with E-state index in [-0.39, 0.29) is 18.2 Å². The fourth-order valence-corrected chi connectivity index (χ4v) is 3.50. The molecular formula is C21H23BrCl2N2O2. The second kappa shape index (κ2) is 10.8. The number of benzene rings is 2. The maximum atomic E-state index is 13.1. The number of carbonyl (C=O) groups excluding carboxylic acids is 2. The van der Waals surface area contributed by atoms with Crippen LogP contribution in [0.25, 0.3) is 0 Å². The summed E-state index contributed by atoms with van der Waals surface area (Å²) in [5.74, 6) is -0.322. The molecule has 28 heavy (non-hydrogen) atoms. The lowest BCUT2D eigenvalue weighted by Crippen LogP contribution is -2.48. The van der Waals surface area contributed by atoms with Crippen LogP contribution >= 0.6 is 39.1 Å². The zero-order valence-electron chi connectivity index (χ0n) is 15.8. The van der Waals surface area contributed by atoms with Gasteiger partial charge in [0.1, 0.15) is 6.04 Å². The molecule has 1 unspecified atom stereocenters. The summed E-state index contributed by atoms with van der Waals surface area (Å²) >= 11 is 15.5. The van der Waals surface area contributed by atoms with Crippen molar-refractivity contribution in [3.63, 3.8) is 0 Å². The van der Waals surface area contributed by atoms with E-state index in [1.54, 1.807) is 30.0 Å². The lowest BCUT2D eigenvalue weighted by atomic mass is 10.1. The highest BCUT2D eigenvalue weighted by Gasteiger charge is 2.26. The first kappa shape index (κ1) is 22.7. The highest BCUT2D eigenvalue weighted by Crippen LogP contribution is 2.23. The van der Waals surface area contributed by atoms with Gasteiger partial charge in [-0.15, -0.1) is 0 Å². The monoisotopic (exact) mass is 484 g/mol. The van der Waals surface area contributed by atoms with E-state index in [4.69, 9.17) is 23.2 Å². The molecule has 0 radical (unpaired) electrons. The number of carbonyl (C=O) groups is 2. The van der Waals surface area contributed by atoms with E-state index < -0.39 is 6.04 Å². The van der Waals surface area contributed by atoms with E-state index in [2.05, 4.69) is 21.2 Å². The minimum Gasteiger partial charge on any atom is -0.354 e. The Bertz CT molecular complexity index is 845. The van der Waals surface area contributed by atoms with Gasteiger partial charge < -0.3 is 10.2 Å². The molecule has 0 fully saturated rings. The fourth-order valence-electron chi connectivity index (χ4n) is 2.74. The Hall–Kier alpha value is -1.56. The van der Waals surface area contributed by atoms with Crippen LogP contribution in [0.2, 0.25) is 10.0 Å². The van der Waals surface area contributed by atoms with Crippen LogP contribution < -0.4 is 5.32 Å². The molecule has 0 aliphatic rings. The average Bonchev–Trinajstić information content (AvgIpc) is 2.66. The van der Waals surface area contributed by atoms with E-state index in [1.807, 2.05) is 31.2 Å². The number of halogens is 3. The quantitative estimate of drug-likeness (QED) is 0.555. The Labute approximate surface area is 184 Å². The topological polar surface area (TPSA) is 49.4 Å². The lowest BCUT2D eigenvalue weighted by Gasteiger charge is -2.29. The van der Waals surface area contributed by atoms with Gasteiger partial charge in [0.15, 0.2) is 0 Å². The minimum atomic E-state index is -0.596. The molecule has 1 N–H and O–H groups in total. The first-order valence-electron chi connectivity index (χ1n) is 9.07. The number of nitrogens with zero attached hydrogens (tertiary/aromatic N) is 1. The predicted molar refractivity (Wildman–Crippen MR) is 118 cm³/mol. The number of nitrogens with one attached hydrogen (secondary N) is 1. The van der Waals surface area contributed by atoms with Gasteiger partial charge in [-0.3, -0.25) is 9.59 Å². The van der Waals surface area contributed by atoms with Crippen LogP contribution in [0.1, 0.15) is 31.4 Å². The van der Waals surface area contributed by atoms with Crippen LogP contribution in [-0.2, 0) is 22.6 Å². The van der Waals surface area contributed by atoms with E-state index in [9.17, 15) is 9.59 Å². The molecule has 0 bridgehead atoms. The Morgan fingerprint density at radius 3 is 2.50 bits per heavy atom. The van der Waals surface area contributed by atoms with Gasteiger partial charge in [0.25, 0.3) is 0 Å². The molecule has 0 spiro atoms. The molecule has 2 aromatic rings. The summed E-state index contributed by atoms with van der Waals surface area (Å²) in [6.07, 6.45) is 0.970. The zero-order chi connectivity index (χ0) is 20.7. The van der Waals surface area contributed by atoms with Gasteiger partial charge in [0.05, 0.1) is 16.5 Å². The van der Waals surface area contributed by atoms with Gasteiger partial charge in [-0.1, -0.05) is 64.3 Å². The summed E-state index contributed by atoms with van der Waals surface area (Å²) in [7, 11) is 0. The van der Waals surface area contributed by atoms with Crippen molar-refractivity contribution in [2.45, 2.75) is 39.3 Å². The molecule has 2 aromatic carbocycles. The van der Waals surface area contributed by atoms with Crippen LogP contribution in [0.3, 0.4) is 0 Å². The maximum Gasteiger partial charge on any atom is 0.242 e. The lowest BCUT2D eigenvalue weighted by molar-refractivity contribution is -0.140. The van der Waals surface area contributed by atoms with Crippen molar-refractivity contribution in [2.24, 2.45) is 0 Å². The highest BCUT2D eigenvalue weighted by molar-refractivity contribution is 9.10. The molecule has 7 heteroatoms. The molecule has 0 aliphatic heterocycles. The third-order valence-electron chi connectivity index (χ3n) is 4.30. The zero-order valence-corrected chi connectivity index (χ0v) is 18.9. The second-order valence-electron chi connectivity index (χ2n) is 6.54. The van der Waals surface area contributed by atoms with Crippen molar-refractivity contribution < 1.29 is 9.59 Å². The summed E-state index contributed by atoms with van der Waals surface area (Å²) in [5, 5.41) is 3.71. The van der Waals surface area contributed by atoms with Crippen LogP contribution in [0, 0.1) is 0 Å². The van der Waals surface area contributed by atoms with E-state index in [0.29, 0.717) is 23.1 Å². The van der Waals surface area contributed by atoms with Crippen molar-refractivity contribution in [1.29, 1.82) is 0 Å². The molecule has 2 amide bonds. The fraction of sp³-hybridized carbons (Fsp3) is 0.333. The Balaban J connectivity index is 2.23. The molecule has 0 saturated heterocycles. The summed E-state index contributed by atoms with van der Waals surface area (Å²) in [4.78, 5) is 27.2. The maximum absolute atomic E-state index is 13.1. The molecule has 1 atom stereocenters. The number of rotatable bonds is 8. The number of amides is 2. The number of hydrogen-bond donors (Lipinski definition) is 1. The van der Waals surface area contributed by atoms with Crippen LogP contribution in [0.4, 0.5) is 0 Å². The van der Waals surface area contributed by atoms with Crippen LogP contribution in [0.15, 0.2) is 46.9 Å². The summed E-state index contributed by atoms with van der Waals surface area (Å²) in [6.45, 7) is 4.64. The standard InChI is InChI=1S/C21H23BrCl2N2O2/c1-3-9-25-21(28)14(2)26(13-16-5-4-6-17(22)10-16)20(27)12-15-7-8-18(23)19(24)11-15/h4-8,10-11,14H,3,9,12-13H2,1-2H3,(H,25,28). The molecule has 2 rings (SSSR count). The average molecular weight is 486 g/mol. The minimum absolute atomic E-state index is 0.135. The van der Waals surface area contributed by atoms with Crippen molar-refractivity contribution in [1.82, 2.24) is 10.2 Å². The van der Waals surface area contributed by atoms with Crippen molar-refractivity contribution in [3.8, 4) is 0 Å². The normalized spacial score (nSPS) is 11.8. The summed E-state index contributed by atoms with van der Waals surface area (Å²) in [6, 6.07) is 12.2. The molecular weight excluding hydrogens is 463 g/mol. The smallest absolute Gasteiger partial charge is 0.242 e. The summed E-state index contributed by atoms with van der Waals surface area (Å²) < 4.78 is 0.921. The highest BCUT2D eigenvalue weighted by atomic mass is 79.9. The molecule has 0 aromatic heterocycles. The molecule has 0 heterocycles. The molecule has 0 saturated carbocycles. The van der Waals surface area contributed by atoms with Crippen molar-refractivity contribution in [2.75, 3.05) is 6.54 Å². The predicted octanol–water partition coefficient (Wildman–Crippen LogP) is 5.24. The van der Waals surface area contributed by atoms with Crippen molar-refractivity contribution in [3.05, 3.63) is 68.1 Å². The van der Waals surface area contributed by atoms with E-state index in [1.165, 1.54) is 0 Å². The third kappa shape index (κ3) is 6.50. The molecule has 4 nitrogen and oxygen atoms in total. The van der Waals surface area contributed by atoms with Gasteiger partial charge in [-0.2, -0.15) is 0 Å². The first-order chi connectivity index (χ1) is 13.3. The SMILES string of the molecule is CCCNC(=O)C(C)N(Cc1cccc(Br)c1)C(=O)Cc1ccc(Cl)c(Cl)c1. The van der Waals surface area contributed by atoms with Gasteiger partial charge in [0, 0.05) is 17.6 Å². The van der Waals surface area contributed by atoms with Gasteiger partial charge in [0.2, 0.25) is 11.8 Å². The first-order valence-corrected chi connectivity index (χ1v) is 10.6. The number of hydrogen-bond acceptors (Lipinski definition) is 2. The Kier molecular flexibility index (Phi) is 8.80. The van der Waals surface area contributed by atoms with Crippen LogP contribution in [-0.4, -0.2) is 29.3 Å². The Morgan fingerprint density at radius 1 is 1.11 bits per heavy atom. The van der Waals surface area contributed by atoms with E-state index in [0.717, 1.165) is 22.0 Å². The van der Waals surface area contributed by atoms with Gasteiger partial charge in [-0.25, -0.2) is 0 Å². The molecule has 0 aliphatic carbocycles. The largest absolute Gasteiger partial charge is 0.354 e.